The van der Waals surface area contributed by atoms with Crippen molar-refractivity contribution in [3.05, 3.63) is 22.4 Å². The van der Waals surface area contributed by atoms with Crippen molar-refractivity contribution in [2.24, 2.45) is 0 Å². The molecule has 1 N–H and O–H groups in total. The average Bonchev–Trinajstić information content (AvgIpc) is 3.11. The molecule has 0 aliphatic carbocycles. The monoisotopic (exact) mass is 309 g/mol. The summed E-state index contributed by atoms with van der Waals surface area (Å²) in [6.07, 6.45) is 0.676. The van der Waals surface area contributed by atoms with Crippen LogP contribution in [0, 0.1) is 0 Å². The summed E-state index contributed by atoms with van der Waals surface area (Å²) in [4.78, 5) is 18.7. The smallest absolute Gasteiger partial charge is 0.254 e. The summed E-state index contributed by atoms with van der Waals surface area (Å²) >= 11 is 1.53. The van der Waals surface area contributed by atoms with E-state index < -0.39 is 5.60 Å². The van der Waals surface area contributed by atoms with Gasteiger partial charge >= 0.3 is 0 Å². The van der Waals surface area contributed by atoms with E-state index >= 15 is 0 Å². The Labute approximate surface area is 129 Å². The molecule has 6 heteroatoms. The molecule has 3 heterocycles. The molecule has 2 aliphatic rings. The topological polar surface area (TPSA) is 47.0 Å². The number of rotatable bonds is 3. The number of carbonyl (C=O) groups is 1. The summed E-state index contributed by atoms with van der Waals surface area (Å²) in [6.45, 7) is 5.87. The fourth-order valence-corrected chi connectivity index (χ4v) is 3.78. The molecule has 1 aromatic heterocycles. The number of amides is 1. The van der Waals surface area contributed by atoms with Crippen molar-refractivity contribution in [2.45, 2.75) is 12.0 Å². The number of carbonyl (C=O) groups excluding carboxylic acids is 1. The first kappa shape index (κ1) is 15.0. The van der Waals surface area contributed by atoms with E-state index in [1.54, 1.807) is 4.90 Å². The zero-order chi connectivity index (χ0) is 14.9. The first-order valence-corrected chi connectivity index (χ1v) is 8.45. The highest BCUT2D eigenvalue weighted by molar-refractivity contribution is 7.08. The quantitative estimate of drug-likeness (QED) is 0.887. The van der Waals surface area contributed by atoms with Gasteiger partial charge in [0, 0.05) is 44.6 Å². The van der Waals surface area contributed by atoms with Crippen LogP contribution < -0.4 is 0 Å². The molecule has 116 valence electrons. The molecule has 5 nitrogen and oxygen atoms in total. The van der Waals surface area contributed by atoms with E-state index in [0.29, 0.717) is 26.1 Å². The Kier molecular flexibility index (Phi) is 4.31. The van der Waals surface area contributed by atoms with Gasteiger partial charge in [-0.25, -0.2) is 0 Å². The number of likely N-dealkylation sites (tertiary alicyclic amines) is 1. The number of likely N-dealkylation sites (N-methyl/N-ethyl adjacent to an activating group) is 1. The Morgan fingerprint density at radius 3 is 2.76 bits per heavy atom. The van der Waals surface area contributed by atoms with Gasteiger partial charge in [-0.1, -0.05) is 0 Å². The van der Waals surface area contributed by atoms with E-state index in [1.165, 1.54) is 11.3 Å². The molecule has 0 bridgehead atoms. The largest absolute Gasteiger partial charge is 0.387 e. The Bertz CT molecular complexity index is 485. The lowest BCUT2D eigenvalue weighted by Crippen LogP contribution is -2.52. The van der Waals surface area contributed by atoms with E-state index in [-0.39, 0.29) is 5.91 Å². The fourth-order valence-electron chi connectivity index (χ4n) is 3.15. The van der Waals surface area contributed by atoms with Crippen molar-refractivity contribution < 1.29 is 9.90 Å². The van der Waals surface area contributed by atoms with Crippen LogP contribution in [0.2, 0.25) is 0 Å². The van der Waals surface area contributed by atoms with E-state index in [2.05, 4.69) is 16.8 Å². The standard InChI is InChI=1S/C15H23N3O2S/c1-16-5-7-17(8-6-16)11-15(20)3-4-18(12-15)14(19)13-2-9-21-10-13/h2,9-10,20H,3-8,11-12H2,1H3/t15-/m1/s1. The predicted octanol–water partition coefficient (Wildman–Crippen LogP) is 0.573. The number of β-amino-alcohol motifs (C(OH)–C–C–N with tert-alkyl or cyclic N) is 1. The summed E-state index contributed by atoms with van der Waals surface area (Å²) in [6, 6.07) is 1.85. The number of aliphatic hydroxyl groups is 1. The molecular weight excluding hydrogens is 286 g/mol. The fraction of sp³-hybridized carbons (Fsp3) is 0.667. The second kappa shape index (κ2) is 6.04. The van der Waals surface area contributed by atoms with Crippen LogP contribution in [-0.4, -0.2) is 84.2 Å². The third kappa shape index (κ3) is 3.45. The van der Waals surface area contributed by atoms with E-state index in [0.717, 1.165) is 31.7 Å². The minimum Gasteiger partial charge on any atom is -0.387 e. The molecule has 0 radical (unpaired) electrons. The summed E-state index contributed by atoms with van der Waals surface area (Å²) in [7, 11) is 2.13. The summed E-state index contributed by atoms with van der Waals surface area (Å²) in [5, 5.41) is 14.6. The van der Waals surface area contributed by atoms with Crippen LogP contribution in [0.25, 0.3) is 0 Å². The maximum atomic E-state index is 12.3. The summed E-state index contributed by atoms with van der Waals surface area (Å²) in [5.41, 5.74) is -0.00875. The molecule has 1 amide bonds. The SMILES string of the molecule is CN1CCN(C[C@]2(O)CCN(C(=O)c3ccsc3)C2)CC1. The lowest BCUT2D eigenvalue weighted by atomic mass is 10.0. The van der Waals surface area contributed by atoms with Gasteiger partial charge in [0.15, 0.2) is 0 Å². The summed E-state index contributed by atoms with van der Waals surface area (Å²) in [5.74, 6) is 0.0468. The molecule has 21 heavy (non-hydrogen) atoms. The predicted molar refractivity (Wildman–Crippen MR) is 83.7 cm³/mol. The molecule has 2 fully saturated rings. The van der Waals surface area contributed by atoms with Crippen molar-refractivity contribution in [3.63, 3.8) is 0 Å². The molecule has 2 aliphatic heterocycles. The van der Waals surface area contributed by atoms with Crippen LogP contribution in [0.5, 0.6) is 0 Å². The Morgan fingerprint density at radius 1 is 1.33 bits per heavy atom. The lowest BCUT2D eigenvalue weighted by molar-refractivity contribution is 0.000530. The van der Waals surface area contributed by atoms with Crippen LogP contribution in [0.15, 0.2) is 16.8 Å². The zero-order valence-electron chi connectivity index (χ0n) is 12.5. The first-order valence-electron chi connectivity index (χ1n) is 7.50. The molecule has 0 unspecified atom stereocenters. The highest BCUT2D eigenvalue weighted by Gasteiger charge is 2.40. The Morgan fingerprint density at radius 2 is 2.10 bits per heavy atom. The Balaban J connectivity index is 1.56. The number of piperazine rings is 1. The molecule has 2 saturated heterocycles. The average molecular weight is 309 g/mol. The van der Waals surface area contributed by atoms with Gasteiger partial charge in [-0.2, -0.15) is 11.3 Å². The molecular formula is C15H23N3O2S. The first-order chi connectivity index (χ1) is 10.1. The van der Waals surface area contributed by atoms with Crippen molar-refractivity contribution in [2.75, 3.05) is 52.9 Å². The summed E-state index contributed by atoms with van der Waals surface area (Å²) < 4.78 is 0. The molecule has 0 aromatic carbocycles. The van der Waals surface area contributed by atoms with Crippen LogP contribution in [0.4, 0.5) is 0 Å². The number of hydrogen-bond donors (Lipinski definition) is 1. The maximum Gasteiger partial charge on any atom is 0.254 e. The molecule has 1 aromatic rings. The second-order valence-corrected chi connectivity index (χ2v) is 7.07. The van der Waals surface area contributed by atoms with Crippen LogP contribution in [-0.2, 0) is 0 Å². The van der Waals surface area contributed by atoms with Crippen LogP contribution in [0.1, 0.15) is 16.8 Å². The minimum atomic E-state index is -0.748. The lowest BCUT2D eigenvalue weighted by Gasteiger charge is -2.36. The van der Waals surface area contributed by atoms with Gasteiger partial charge in [0.2, 0.25) is 0 Å². The Hall–Kier alpha value is -0.950. The van der Waals surface area contributed by atoms with Gasteiger partial charge in [0.1, 0.15) is 0 Å². The highest BCUT2D eigenvalue weighted by Crippen LogP contribution is 2.25. The van der Waals surface area contributed by atoms with E-state index in [4.69, 9.17) is 0 Å². The van der Waals surface area contributed by atoms with Crippen molar-refractivity contribution in [3.8, 4) is 0 Å². The maximum absolute atomic E-state index is 12.3. The van der Waals surface area contributed by atoms with Gasteiger partial charge in [0.05, 0.1) is 17.7 Å². The number of hydrogen-bond acceptors (Lipinski definition) is 5. The molecule has 0 spiro atoms. The molecule has 3 rings (SSSR count). The number of nitrogens with zero attached hydrogens (tertiary/aromatic N) is 3. The molecule has 1 atom stereocenters. The van der Waals surface area contributed by atoms with Gasteiger partial charge in [-0.15, -0.1) is 0 Å². The van der Waals surface area contributed by atoms with Gasteiger partial charge in [-0.3, -0.25) is 9.69 Å². The van der Waals surface area contributed by atoms with Gasteiger partial charge < -0.3 is 14.9 Å². The second-order valence-electron chi connectivity index (χ2n) is 6.29. The van der Waals surface area contributed by atoms with Crippen molar-refractivity contribution in [1.29, 1.82) is 0 Å². The molecule has 0 saturated carbocycles. The van der Waals surface area contributed by atoms with Crippen LogP contribution >= 0.6 is 11.3 Å². The zero-order valence-corrected chi connectivity index (χ0v) is 13.3. The highest BCUT2D eigenvalue weighted by atomic mass is 32.1. The van der Waals surface area contributed by atoms with Crippen molar-refractivity contribution in [1.82, 2.24) is 14.7 Å². The van der Waals surface area contributed by atoms with Crippen molar-refractivity contribution >= 4 is 17.2 Å². The van der Waals surface area contributed by atoms with Gasteiger partial charge in [0.25, 0.3) is 5.91 Å². The van der Waals surface area contributed by atoms with E-state index in [9.17, 15) is 9.90 Å². The number of thiophene rings is 1. The van der Waals surface area contributed by atoms with Crippen LogP contribution in [0.3, 0.4) is 0 Å². The normalized spacial score (nSPS) is 28.2. The minimum absolute atomic E-state index is 0.0468. The third-order valence-corrected chi connectivity index (χ3v) is 5.18. The van der Waals surface area contributed by atoms with E-state index in [1.807, 2.05) is 16.8 Å². The third-order valence-electron chi connectivity index (χ3n) is 4.50. The van der Waals surface area contributed by atoms with Gasteiger partial charge in [-0.05, 0) is 24.9 Å².